The van der Waals surface area contributed by atoms with Gasteiger partial charge >= 0.3 is 8.25 Å². The van der Waals surface area contributed by atoms with Crippen LogP contribution < -0.4 is 0 Å². The minimum atomic E-state index is -3.37. The lowest BCUT2D eigenvalue weighted by Crippen LogP contribution is -2.51. The van der Waals surface area contributed by atoms with Gasteiger partial charge in [-0.1, -0.05) is 55.4 Å². The predicted molar refractivity (Wildman–Crippen MR) is 126 cm³/mol. The van der Waals surface area contributed by atoms with Crippen LogP contribution in [-0.4, -0.2) is 111 Å². The highest BCUT2D eigenvalue weighted by Gasteiger charge is 2.98. The molecule has 6 rings (SSSR count). The Morgan fingerprint density at radius 3 is 1.12 bits per heavy atom. The lowest BCUT2D eigenvalue weighted by molar-refractivity contribution is -0.334. The van der Waals surface area contributed by atoms with Crippen molar-refractivity contribution in [3.8, 4) is 0 Å². The summed E-state index contributed by atoms with van der Waals surface area (Å²) in [6.07, 6.45) is -8.92. The Morgan fingerprint density at radius 2 is 0.875 bits per heavy atom. The first-order valence-electron chi connectivity index (χ1n) is 13.1. The van der Waals surface area contributed by atoms with Crippen molar-refractivity contribution < 1.29 is 74.0 Å². The van der Waals surface area contributed by atoms with E-state index in [4.69, 9.17) is 28.6 Å². The number of rotatable bonds is 8. The van der Waals surface area contributed by atoms with Crippen LogP contribution in [0.1, 0.15) is 55.4 Å². The maximum atomic E-state index is 12.7. The summed E-state index contributed by atoms with van der Waals surface area (Å²) in [5.74, 6) is -4.36. The summed E-state index contributed by atoms with van der Waals surface area (Å²) < 4.78 is 33.5. The maximum Gasteiger partial charge on any atom is 0.759 e. The van der Waals surface area contributed by atoms with Gasteiger partial charge in [0.25, 0.3) is 0 Å². The fourth-order valence-electron chi connectivity index (χ4n) is 7.74. The Bertz CT molecular complexity index is 1100. The quantitative estimate of drug-likeness (QED) is 0.0881. The molecule has 0 bridgehead atoms. The van der Waals surface area contributed by atoms with E-state index in [2.05, 4.69) is 0 Å². The molecule has 2 aliphatic heterocycles. The molecule has 2 heterocycles. The molecule has 0 spiro atoms. The first kappa shape index (κ1) is 29.6. The number of aliphatic hydroxyl groups is 8. The number of fused-ring (bicyclic) bond motifs is 2. The largest absolute Gasteiger partial charge is 0.759 e. The lowest BCUT2D eigenvalue weighted by atomic mass is 9.91. The molecule has 40 heavy (non-hydrogen) atoms. The normalized spacial score (nSPS) is 59.1. The average Bonchev–Trinajstić information content (AvgIpc) is 3.51. The minimum Gasteiger partial charge on any atom is -0.389 e. The number of hydrogen-bond acceptors (Lipinski definition) is 15. The van der Waals surface area contributed by atoms with Crippen molar-refractivity contribution in [2.45, 2.75) is 126 Å². The van der Waals surface area contributed by atoms with E-state index in [1.165, 1.54) is 55.4 Å². The van der Waals surface area contributed by atoms with E-state index >= 15 is 0 Å². The third-order valence-electron chi connectivity index (χ3n) is 11.9. The highest BCUT2D eigenvalue weighted by atomic mass is 31.1. The van der Waals surface area contributed by atoms with Crippen LogP contribution in [-0.2, 0) is 33.2 Å². The molecule has 4 saturated carbocycles. The number of aliphatic hydroxyl groups excluding tert-OH is 2. The molecule has 0 aromatic rings. The molecule has 4 aliphatic carbocycles. The van der Waals surface area contributed by atoms with Crippen molar-refractivity contribution in [1.82, 2.24) is 0 Å². The third kappa shape index (κ3) is 2.57. The second kappa shape index (κ2) is 7.25. The van der Waals surface area contributed by atoms with Crippen molar-refractivity contribution >= 4 is 8.25 Å². The molecule has 0 radical (unpaired) electrons. The van der Waals surface area contributed by atoms with Gasteiger partial charge in [0.1, 0.15) is 23.4 Å². The Morgan fingerprint density at radius 1 is 0.600 bits per heavy atom. The van der Waals surface area contributed by atoms with Gasteiger partial charge in [0.05, 0.1) is 32.4 Å². The van der Waals surface area contributed by atoms with Crippen LogP contribution in [0.2, 0.25) is 0 Å². The zero-order chi connectivity index (χ0) is 30.3. The lowest BCUT2D eigenvalue weighted by Gasteiger charge is -2.31. The predicted octanol–water partition coefficient (Wildman–Crippen LogP) is -1.74. The van der Waals surface area contributed by atoms with Crippen molar-refractivity contribution in [3.05, 3.63) is 0 Å². The molecule has 0 amide bonds. The number of ether oxygens (including phenoxy) is 2. The van der Waals surface area contributed by atoms with Crippen molar-refractivity contribution in [2.24, 2.45) is 21.7 Å². The molecule has 0 aromatic carbocycles. The minimum absolute atomic E-state index is 1.10. The van der Waals surface area contributed by atoms with Crippen LogP contribution in [0.25, 0.3) is 0 Å². The van der Waals surface area contributed by atoms with Gasteiger partial charge in [-0.3, -0.25) is 0 Å². The molecule has 2 saturated heterocycles. The maximum absolute atomic E-state index is 12.7. The Balaban J connectivity index is 1.17. The molecule has 12 atom stereocenters. The summed E-state index contributed by atoms with van der Waals surface area (Å²) in [6, 6.07) is 0. The average molecular weight is 598 g/mol. The van der Waals surface area contributed by atoms with Gasteiger partial charge in [-0.2, -0.15) is 9.78 Å². The van der Waals surface area contributed by atoms with Gasteiger partial charge in [0, 0.05) is 15.4 Å². The van der Waals surface area contributed by atoms with Crippen LogP contribution in [0, 0.1) is 21.7 Å². The van der Waals surface area contributed by atoms with Crippen LogP contribution in [0.3, 0.4) is 0 Å². The summed E-state index contributed by atoms with van der Waals surface area (Å²) in [7, 11) is -3.37. The van der Waals surface area contributed by atoms with E-state index in [9.17, 15) is 45.4 Å². The van der Waals surface area contributed by atoms with E-state index in [0.29, 0.717) is 0 Å². The zero-order valence-electron chi connectivity index (χ0n) is 23.3. The van der Waals surface area contributed by atoms with E-state index in [1.54, 1.807) is 0 Å². The summed E-state index contributed by atoms with van der Waals surface area (Å²) in [5, 5.41) is 87.2. The molecule has 228 valence electrons. The molecule has 6 aliphatic rings. The smallest absolute Gasteiger partial charge is 0.389 e. The second-order valence-corrected chi connectivity index (χ2v) is 15.2. The molecule has 16 heteroatoms. The van der Waals surface area contributed by atoms with E-state index in [1.807, 2.05) is 0 Å². The fraction of sp³-hybridized carbons (Fsp3) is 1.00. The SMILES string of the molecule is CC1(C)C(O)[C@@]1(O)[C@H]1O[C@@]2(O)C(C)(C)[C@@]2(O)[C@H]1OO[P+](=O)OO[C@H]1[C@@H]([C@]2(O)C(O)C2(C)C)O[C@@]2(O)C(C)(C)[C@@]12O. The molecule has 6 fully saturated rings. The Kier molecular flexibility index (Phi) is 5.37. The first-order valence-corrected chi connectivity index (χ1v) is 14.2. The number of hydrogen-bond donors (Lipinski definition) is 8. The standard InChI is InChI=1S/C24H38O15P/c1-15(2)13(25)19(15,27)9-11(21(29)17(5,6)23(21,31)34-9)36-38-40(33)39-37-12-10(20(28)14(26)16(20,3)4)35-24(32)18(7,8)22(12,24)30/h9-14,25-32H,1-8H3/q+1/t9-,10-,11-,12-,13?,14?,19-,20-,21-,22-,23-,24-/m0/s1. The van der Waals surface area contributed by atoms with Gasteiger partial charge in [0.15, 0.2) is 23.4 Å². The summed E-state index contributed by atoms with van der Waals surface area (Å²) in [6.45, 7) is 12.0. The highest BCUT2D eigenvalue weighted by Crippen LogP contribution is 2.77. The summed E-state index contributed by atoms with van der Waals surface area (Å²) in [4.78, 5) is 10.4. The van der Waals surface area contributed by atoms with Gasteiger partial charge < -0.3 is 50.3 Å². The van der Waals surface area contributed by atoms with Crippen LogP contribution >= 0.6 is 8.25 Å². The Labute approximate surface area is 230 Å². The Hall–Kier alpha value is -0.460. The molecule has 2 unspecified atom stereocenters. The summed E-state index contributed by atoms with van der Waals surface area (Å²) in [5.41, 5.74) is -13.0. The fourth-order valence-corrected chi connectivity index (χ4v) is 8.09. The van der Waals surface area contributed by atoms with Crippen LogP contribution in [0.4, 0.5) is 0 Å². The molecule has 8 N–H and O–H groups in total. The third-order valence-corrected chi connectivity index (χ3v) is 12.3. The van der Waals surface area contributed by atoms with Crippen LogP contribution in [0.5, 0.6) is 0 Å². The van der Waals surface area contributed by atoms with Gasteiger partial charge in [0.2, 0.25) is 11.6 Å². The van der Waals surface area contributed by atoms with Gasteiger partial charge in [-0.15, -0.1) is 0 Å². The first-order chi connectivity index (χ1) is 17.9. The molecule has 0 aromatic heterocycles. The monoisotopic (exact) mass is 597 g/mol. The van der Waals surface area contributed by atoms with Crippen molar-refractivity contribution in [1.29, 1.82) is 0 Å². The van der Waals surface area contributed by atoms with Crippen LogP contribution in [0.15, 0.2) is 0 Å². The molecular weight excluding hydrogens is 559 g/mol. The molecular formula is C24H38O15P+. The topological polar surface area (TPSA) is 234 Å². The van der Waals surface area contributed by atoms with Gasteiger partial charge in [-0.25, -0.2) is 0 Å². The summed E-state index contributed by atoms with van der Waals surface area (Å²) >= 11 is 0. The second-order valence-electron chi connectivity index (χ2n) is 14.5. The zero-order valence-corrected chi connectivity index (χ0v) is 24.2. The van der Waals surface area contributed by atoms with E-state index in [0.717, 1.165) is 0 Å². The van der Waals surface area contributed by atoms with Crippen molar-refractivity contribution in [3.63, 3.8) is 0 Å². The van der Waals surface area contributed by atoms with Crippen molar-refractivity contribution in [2.75, 3.05) is 0 Å². The molecule has 15 nitrogen and oxygen atoms in total. The van der Waals surface area contributed by atoms with E-state index in [-0.39, 0.29) is 0 Å². The van der Waals surface area contributed by atoms with E-state index < -0.39 is 101 Å². The highest BCUT2D eigenvalue weighted by molar-refractivity contribution is 7.33. The van der Waals surface area contributed by atoms with Gasteiger partial charge in [-0.05, 0) is 0 Å².